The first kappa shape index (κ1) is 13.6. The van der Waals surface area contributed by atoms with Crippen LogP contribution >= 0.6 is 0 Å². The van der Waals surface area contributed by atoms with Gasteiger partial charge in [-0.15, -0.1) is 10.2 Å². The van der Waals surface area contributed by atoms with Gasteiger partial charge in [-0.25, -0.2) is 0 Å². The molecule has 0 bridgehead atoms. The number of alkyl halides is 3. The second-order valence-corrected chi connectivity index (χ2v) is 5.45. The molecule has 1 aliphatic carbocycles. The number of hydrogen-bond donors (Lipinski definition) is 1. The van der Waals surface area contributed by atoms with E-state index in [1.54, 1.807) is 0 Å². The zero-order valence-electron chi connectivity index (χ0n) is 11.0. The molecule has 20 heavy (non-hydrogen) atoms. The average molecular weight is 286 g/mol. The first-order valence-corrected chi connectivity index (χ1v) is 6.95. The molecule has 1 aliphatic heterocycles. The van der Waals surface area contributed by atoms with Crippen LogP contribution in [0, 0.1) is 0 Å². The van der Waals surface area contributed by atoms with Gasteiger partial charge in [0.1, 0.15) is 0 Å². The Morgan fingerprint density at radius 2 is 2.00 bits per heavy atom. The van der Waals surface area contributed by atoms with Crippen molar-refractivity contribution in [3.63, 3.8) is 0 Å². The molecule has 1 N–H and O–H groups in total. The minimum absolute atomic E-state index is 0.307. The summed E-state index contributed by atoms with van der Waals surface area (Å²) in [5, 5.41) is 10.5. The van der Waals surface area contributed by atoms with Gasteiger partial charge in [-0.1, -0.05) is 0 Å². The normalized spacial score (nSPS) is 23.4. The molecule has 110 valence electrons. The SMILES string of the molecule is FC(F)(F)c1ccc(N2CCCC2CNC2CC2)nn1. The lowest BCUT2D eigenvalue weighted by atomic mass is 10.2. The van der Waals surface area contributed by atoms with E-state index < -0.39 is 11.9 Å². The van der Waals surface area contributed by atoms with Crippen molar-refractivity contribution in [3.05, 3.63) is 17.8 Å². The lowest BCUT2D eigenvalue weighted by Crippen LogP contribution is -2.39. The number of aromatic nitrogens is 2. The fraction of sp³-hybridized carbons (Fsp3) is 0.692. The van der Waals surface area contributed by atoms with Crippen LogP contribution < -0.4 is 10.2 Å². The lowest BCUT2D eigenvalue weighted by molar-refractivity contribution is -0.141. The molecule has 2 fully saturated rings. The van der Waals surface area contributed by atoms with E-state index in [0.717, 1.165) is 32.0 Å². The molecule has 7 heteroatoms. The molecule has 0 amide bonds. The average Bonchev–Trinajstić information content (AvgIpc) is 3.12. The molecule has 1 atom stereocenters. The minimum Gasteiger partial charge on any atom is -0.351 e. The van der Waals surface area contributed by atoms with Crippen LogP contribution in [0.5, 0.6) is 0 Å². The van der Waals surface area contributed by atoms with Gasteiger partial charge in [0.05, 0.1) is 0 Å². The van der Waals surface area contributed by atoms with Crippen molar-refractivity contribution < 1.29 is 13.2 Å². The van der Waals surface area contributed by atoms with Gasteiger partial charge in [0.15, 0.2) is 11.5 Å². The summed E-state index contributed by atoms with van der Waals surface area (Å²) in [5.41, 5.74) is -0.937. The Hall–Kier alpha value is -1.37. The number of nitrogens with one attached hydrogen (secondary N) is 1. The minimum atomic E-state index is -4.43. The molecule has 1 unspecified atom stereocenters. The fourth-order valence-electron chi connectivity index (χ4n) is 2.57. The molecule has 0 spiro atoms. The summed E-state index contributed by atoms with van der Waals surface area (Å²) in [4.78, 5) is 2.06. The first-order valence-electron chi connectivity index (χ1n) is 6.95. The molecule has 1 saturated carbocycles. The summed E-state index contributed by atoms with van der Waals surface area (Å²) in [7, 11) is 0. The van der Waals surface area contributed by atoms with Crippen molar-refractivity contribution in [2.45, 2.75) is 43.9 Å². The van der Waals surface area contributed by atoms with Crippen LogP contribution in [0.3, 0.4) is 0 Å². The predicted octanol–water partition coefficient (Wildman–Crippen LogP) is 2.22. The fourth-order valence-corrected chi connectivity index (χ4v) is 2.57. The van der Waals surface area contributed by atoms with Gasteiger partial charge in [0, 0.05) is 25.2 Å². The summed E-state index contributed by atoms with van der Waals surface area (Å²) in [6.45, 7) is 1.70. The van der Waals surface area contributed by atoms with E-state index in [2.05, 4.69) is 20.4 Å². The van der Waals surface area contributed by atoms with E-state index >= 15 is 0 Å². The maximum Gasteiger partial charge on any atom is 0.435 e. The van der Waals surface area contributed by atoms with Crippen LogP contribution in [0.25, 0.3) is 0 Å². The Labute approximate surface area is 115 Å². The van der Waals surface area contributed by atoms with Gasteiger partial charge < -0.3 is 10.2 Å². The summed E-state index contributed by atoms with van der Waals surface area (Å²) in [6, 6.07) is 3.37. The van der Waals surface area contributed by atoms with E-state index in [4.69, 9.17) is 0 Å². The summed E-state index contributed by atoms with van der Waals surface area (Å²) < 4.78 is 37.4. The number of hydrogen-bond acceptors (Lipinski definition) is 4. The zero-order chi connectivity index (χ0) is 14.2. The van der Waals surface area contributed by atoms with E-state index in [1.807, 2.05) is 0 Å². The van der Waals surface area contributed by atoms with Gasteiger partial charge in [-0.2, -0.15) is 13.2 Å². The topological polar surface area (TPSA) is 41.0 Å². The lowest BCUT2D eigenvalue weighted by Gasteiger charge is -2.25. The molecule has 1 aromatic heterocycles. The largest absolute Gasteiger partial charge is 0.435 e. The van der Waals surface area contributed by atoms with Gasteiger partial charge in [0.2, 0.25) is 0 Å². The highest BCUT2D eigenvalue weighted by atomic mass is 19.4. The standard InChI is InChI=1S/C13H17F3N4/c14-13(15,16)11-5-6-12(19-18-11)20-7-1-2-10(20)8-17-9-3-4-9/h5-6,9-10,17H,1-4,7-8H2. The van der Waals surface area contributed by atoms with Crippen molar-refractivity contribution in [1.82, 2.24) is 15.5 Å². The molecule has 3 rings (SSSR count). The molecule has 1 aromatic rings. The van der Waals surface area contributed by atoms with Crippen molar-refractivity contribution in [2.24, 2.45) is 0 Å². The van der Waals surface area contributed by atoms with Gasteiger partial charge in [-0.3, -0.25) is 0 Å². The van der Waals surface area contributed by atoms with E-state index in [0.29, 0.717) is 17.9 Å². The molecule has 2 heterocycles. The van der Waals surface area contributed by atoms with Gasteiger partial charge >= 0.3 is 6.18 Å². The predicted molar refractivity (Wildman–Crippen MR) is 68.4 cm³/mol. The van der Waals surface area contributed by atoms with Crippen molar-refractivity contribution in [3.8, 4) is 0 Å². The Bertz CT molecular complexity index is 456. The van der Waals surface area contributed by atoms with Crippen LogP contribution in [0.2, 0.25) is 0 Å². The molecule has 2 aliphatic rings. The zero-order valence-corrected chi connectivity index (χ0v) is 11.0. The van der Waals surface area contributed by atoms with Crippen LogP contribution in [0.15, 0.2) is 12.1 Å². The number of halogens is 3. The molecule has 1 saturated heterocycles. The third-order valence-corrected chi connectivity index (χ3v) is 3.83. The van der Waals surface area contributed by atoms with Crippen LogP contribution in [0.1, 0.15) is 31.4 Å². The third-order valence-electron chi connectivity index (χ3n) is 3.83. The highest BCUT2D eigenvalue weighted by Gasteiger charge is 2.34. The Morgan fingerprint density at radius 1 is 1.20 bits per heavy atom. The maximum absolute atomic E-state index is 12.5. The Kier molecular flexibility index (Phi) is 3.54. The highest BCUT2D eigenvalue weighted by Crippen LogP contribution is 2.29. The quantitative estimate of drug-likeness (QED) is 0.921. The second-order valence-electron chi connectivity index (χ2n) is 5.45. The van der Waals surface area contributed by atoms with Crippen molar-refractivity contribution in [2.75, 3.05) is 18.0 Å². The monoisotopic (exact) mass is 286 g/mol. The third kappa shape index (κ3) is 3.03. The maximum atomic E-state index is 12.5. The number of rotatable bonds is 4. The summed E-state index contributed by atoms with van der Waals surface area (Å²) in [6.07, 6.45) is 0.116. The molecular formula is C13H17F3N4. The smallest absolute Gasteiger partial charge is 0.351 e. The first-order chi connectivity index (χ1) is 9.54. The van der Waals surface area contributed by atoms with Crippen LogP contribution in [0.4, 0.5) is 19.0 Å². The number of nitrogens with zero attached hydrogens (tertiary/aromatic N) is 3. The molecule has 0 aromatic carbocycles. The Balaban J connectivity index is 1.67. The van der Waals surface area contributed by atoms with Crippen LogP contribution in [-0.4, -0.2) is 35.4 Å². The summed E-state index contributed by atoms with van der Waals surface area (Å²) >= 11 is 0. The molecule has 4 nitrogen and oxygen atoms in total. The highest BCUT2D eigenvalue weighted by molar-refractivity contribution is 5.40. The molecular weight excluding hydrogens is 269 g/mol. The van der Waals surface area contributed by atoms with Gasteiger partial charge in [-0.05, 0) is 37.8 Å². The second kappa shape index (κ2) is 5.20. The number of anilines is 1. The van der Waals surface area contributed by atoms with E-state index in [1.165, 1.54) is 18.9 Å². The molecule has 0 radical (unpaired) electrons. The summed E-state index contributed by atoms with van der Waals surface area (Å²) in [5.74, 6) is 0.540. The van der Waals surface area contributed by atoms with Gasteiger partial charge in [0.25, 0.3) is 0 Å². The van der Waals surface area contributed by atoms with E-state index in [9.17, 15) is 13.2 Å². The van der Waals surface area contributed by atoms with Crippen molar-refractivity contribution >= 4 is 5.82 Å². The van der Waals surface area contributed by atoms with E-state index in [-0.39, 0.29) is 0 Å². The Morgan fingerprint density at radius 3 is 2.60 bits per heavy atom. The van der Waals surface area contributed by atoms with Crippen LogP contribution in [-0.2, 0) is 6.18 Å². The van der Waals surface area contributed by atoms with Crippen molar-refractivity contribution in [1.29, 1.82) is 0 Å².